The highest BCUT2D eigenvalue weighted by molar-refractivity contribution is 6.30. The number of halogens is 2. The molecule has 1 unspecified atom stereocenters. The minimum absolute atomic E-state index is 0.173. The molecule has 6 heteroatoms. The SMILES string of the molecule is O=C1c2[nH]nc(-c3ccc(Cl)cc3)c2C(c2ccc(F)cc2)N1c1ccccc1. The lowest BCUT2D eigenvalue weighted by atomic mass is 9.96. The normalized spacial score (nSPS) is 15.6. The summed E-state index contributed by atoms with van der Waals surface area (Å²) in [5.74, 6) is -0.497. The van der Waals surface area contributed by atoms with Crippen LogP contribution in [-0.4, -0.2) is 16.1 Å². The van der Waals surface area contributed by atoms with Crippen LogP contribution >= 0.6 is 11.6 Å². The summed E-state index contributed by atoms with van der Waals surface area (Å²) in [5, 5.41) is 7.95. The summed E-state index contributed by atoms with van der Waals surface area (Å²) in [7, 11) is 0. The van der Waals surface area contributed by atoms with E-state index in [9.17, 15) is 9.18 Å². The van der Waals surface area contributed by atoms with Gasteiger partial charge in [0.05, 0.1) is 11.7 Å². The zero-order chi connectivity index (χ0) is 20.0. The Kier molecular flexibility index (Phi) is 4.18. The number of nitrogens with one attached hydrogen (secondary N) is 1. The Balaban J connectivity index is 1.72. The third-order valence-corrected chi connectivity index (χ3v) is 5.36. The Labute approximate surface area is 171 Å². The maximum atomic E-state index is 13.6. The standard InChI is InChI=1S/C23H15ClFN3O/c24-16-10-6-14(7-11-16)20-19-21(27-26-20)23(29)28(18-4-2-1-3-5-18)22(19)15-8-12-17(25)13-9-15/h1-13,22H,(H,26,27). The smallest absolute Gasteiger partial charge is 0.277 e. The molecule has 0 saturated heterocycles. The largest absolute Gasteiger partial charge is 0.295 e. The number of aromatic amines is 1. The molecule has 142 valence electrons. The van der Waals surface area contributed by atoms with Gasteiger partial charge in [-0.3, -0.25) is 14.8 Å². The fourth-order valence-electron chi connectivity index (χ4n) is 3.79. The van der Waals surface area contributed by atoms with Gasteiger partial charge in [-0.25, -0.2) is 4.39 Å². The molecule has 1 amide bonds. The highest BCUT2D eigenvalue weighted by Gasteiger charge is 2.43. The number of benzene rings is 3. The first kappa shape index (κ1) is 17.6. The van der Waals surface area contributed by atoms with Gasteiger partial charge >= 0.3 is 0 Å². The fraction of sp³-hybridized carbons (Fsp3) is 0.0435. The molecule has 0 radical (unpaired) electrons. The Morgan fingerprint density at radius 1 is 0.931 bits per heavy atom. The number of carbonyl (C=O) groups is 1. The van der Waals surface area contributed by atoms with E-state index in [-0.39, 0.29) is 11.7 Å². The maximum Gasteiger partial charge on any atom is 0.277 e. The molecular weight excluding hydrogens is 389 g/mol. The summed E-state index contributed by atoms with van der Waals surface area (Å²) >= 11 is 6.03. The number of carbonyl (C=O) groups excluding carboxylic acids is 1. The molecule has 1 N–H and O–H groups in total. The molecule has 0 spiro atoms. The van der Waals surface area contributed by atoms with E-state index >= 15 is 0 Å². The second kappa shape index (κ2) is 6.87. The van der Waals surface area contributed by atoms with Crippen molar-refractivity contribution in [2.45, 2.75) is 6.04 Å². The second-order valence-corrected chi connectivity index (χ2v) is 7.27. The average Bonchev–Trinajstić information content (AvgIpc) is 3.29. The van der Waals surface area contributed by atoms with Crippen LogP contribution in [0.25, 0.3) is 11.3 Å². The molecule has 0 fully saturated rings. The molecule has 0 aliphatic carbocycles. The highest BCUT2D eigenvalue weighted by Crippen LogP contribution is 2.44. The zero-order valence-corrected chi connectivity index (χ0v) is 15.9. The number of rotatable bonds is 3. The Bertz CT molecular complexity index is 1190. The molecular formula is C23H15ClFN3O. The van der Waals surface area contributed by atoms with Crippen molar-refractivity contribution in [3.8, 4) is 11.3 Å². The number of para-hydroxylation sites is 1. The van der Waals surface area contributed by atoms with Gasteiger partial charge in [0.2, 0.25) is 0 Å². The summed E-state index contributed by atoms with van der Waals surface area (Å²) in [6, 6.07) is 22.6. The van der Waals surface area contributed by atoms with Crippen molar-refractivity contribution >= 4 is 23.2 Å². The van der Waals surface area contributed by atoms with Crippen LogP contribution in [0.4, 0.5) is 10.1 Å². The minimum atomic E-state index is -0.426. The molecule has 2 heterocycles. The third-order valence-electron chi connectivity index (χ3n) is 5.11. The lowest BCUT2D eigenvalue weighted by molar-refractivity contribution is 0.0989. The van der Waals surface area contributed by atoms with Gasteiger partial charge in [0, 0.05) is 21.8 Å². The maximum absolute atomic E-state index is 13.6. The van der Waals surface area contributed by atoms with Crippen LogP contribution in [0.5, 0.6) is 0 Å². The third kappa shape index (κ3) is 2.91. The molecule has 5 rings (SSSR count). The number of H-pyrrole nitrogens is 1. The van der Waals surface area contributed by atoms with Crippen molar-refractivity contribution in [1.29, 1.82) is 0 Å². The van der Waals surface area contributed by atoms with Crippen LogP contribution in [0, 0.1) is 5.82 Å². The molecule has 0 bridgehead atoms. The van der Waals surface area contributed by atoms with Crippen LogP contribution < -0.4 is 4.90 Å². The van der Waals surface area contributed by atoms with Crippen LogP contribution in [-0.2, 0) is 0 Å². The van der Waals surface area contributed by atoms with Gasteiger partial charge in [-0.05, 0) is 42.0 Å². The van der Waals surface area contributed by atoms with Crippen molar-refractivity contribution in [3.05, 3.63) is 107 Å². The molecule has 3 aromatic carbocycles. The van der Waals surface area contributed by atoms with Crippen molar-refractivity contribution in [2.24, 2.45) is 0 Å². The van der Waals surface area contributed by atoms with Crippen molar-refractivity contribution in [2.75, 3.05) is 4.90 Å². The molecule has 1 aliphatic heterocycles. The monoisotopic (exact) mass is 403 g/mol. The number of hydrogen-bond acceptors (Lipinski definition) is 2. The quantitative estimate of drug-likeness (QED) is 0.482. The summed E-state index contributed by atoms with van der Waals surface area (Å²) in [5.41, 5.74) is 4.30. The minimum Gasteiger partial charge on any atom is -0.295 e. The van der Waals surface area contributed by atoms with Crippen LogP contribution in [0.2, 0.25) is 5.02 Å². The predicted octanol–water partition coefficient (Wildman–Crippen LogP) is 5.62. The summed E-state index contributed by atoms with van der Waals surface area (Å²) in [6.45, 7) is 0. The van der Waals surface area contributed by atoms with E-state index in [4.69, 9.17) is 11.6 Å². The van der Waals surface area contributed by atoms with E-state index in [1.54, 1.807) is 29.2 Å². The zero-order valence-electron chi connectivity index (χ0n) is 15.1. The summed E-state index contributed by atoms with van der Waals surface area (Å²) in [6.07, 6.45) is 0. The molecule has 0 saturated carbocycles. The van der Waals surface area contributed by atoms with Gasteiger partial charge in [-0.1, -0.05) is 54.1 Å². The summed E-state index contributed by atoms with van der Waals surface area (Å²) in [4.78, 5) is 15.0. The second-order valence-electron chi connectivity index (χ2n) is 6.83. The summed E-state index contributed by atoms with van der Waals surface area (Å²) < 4.78 is 13.6. The topological polar surface area (TPSA) is 49.0 Å². The molecule has 4 nitrogen and oxygen atoms in total. The average molecular weight is 404 g/mol. The van der Waals surface area contributed by atoms with Gasteiger partial charge in [0.15, 0.2) is 0 Å². The number of aromatic nitrogens is 2. The van der Waals surface area contributed by atoms with E-state index in [0.29, 0.717) is 16.4 Å². The van der Waals surface area contributed by atoms with Crippen LogP contribution in [0.1, 0.15) is 27.7 Å². The van der Waals surface area contributed by atoms with Crippen molar-refractivity contribution in [3.63, 3.8) is 0 Å². The van der Waals surface area contributed by atoms with E-state index in [2.05, 4.69) is 10.2 Å². The fourth-order valence-corrected chi connectivity index (χ4v) is 3.92. The van der Waals surface area contributed by atoms with Crippen LogP contribution in [0.15, 0.2) is 78.9 Å². The van der Waals surface area contributed by atoms with Gasteiger partial charge in [-0.15, -0.1) is 0 Å². The van der Waals surface area contributed by atoms with Crippen molar-refractivity contribution < 1.29 is 9.18 Å². The van der Waals surface area contributed by atoms with Gasteiger partial charge in [-0.2, -0.15) is 5.10 Å². The first-order chi connectivity index (χ1) is 14.1. The van der Waals surface area contributed by atoms with Gasteiger partial charge in [0.1, 0.15) is 11.5 Å². The van der Waals surface area contributed by atoms with E-state index in [1.807, 2.05) is 42.5 Å². The van der Waals surface area contributed by atoms with Gasteiger partial charge < -0.3 is 0 Å². The number of hydrogen-bond donors (Lipinski definition) is 1. The number of nitrogens with zero attached hydrogens (tertiary/aromatic N) is 2. The van der Waals surface area contributed by atoms with E-state index in [1.165, 1.54) is 12.1 Å². The first-order valence-electron chi connectivity index (χ1n) is 9.12. The lowest BCUT2D eigenvalue weighted by Gasteiger charge is -2.26. The number of anilines is 1. The molecule has 29 heavy (non-hydrogen) atoms. The number of amides is 1. The Hall–Kier alpha value is -3.44. The molecule has 4 aromatic rings. The first-order valence-corrected chi connectivity index (χ1v) is 9.49. The lowest BCUT2D eigenvalue weighted by Crippen LogP contribution is -2.29. The van der Waals surface area contributed by atoms with E-state index < -0.39 is 6.04 Å². The highest BCUT2D eigenvalue weighted by atomic mass is 35.5. The van der Waals surface area contributed by atoms with Crippen molar-refractivity contribution in [1.82, 2.24) is 10.2 Å². The van der Waals surface area contributed by atoms with Gasteiger partial charge in [0.25, 0.3) is 5.91 Å². The molecule has 1 atom stereocenters. The molecule has 1 aliphatic rings. The van der Waals surface area contributed by atoms with Crippen LogP contribution in [0.3, 0.4) is 0 Å². The Morgan fingerprint density at radius 2 is 1.62 bits per heavy atom. The number of fused-ring (bicyclic) bond motifs is 1. The molecule has 1 aromatic heterocycles. The Morgan fingerprint density at radius 3 is 2.31 bits per heavy atom. The predicted molar refractivity (Wildman–Crippen MR) is 111 cm³/mol. The van der Waals surface area contributed by atoms with E-state index in [0.717, 1.165) is 22.4 Å².